The first-order valence-electron chi connectivity index (χ1n) is 6.75. The van der Waals surface area contributed by atoms with Crippen LogP contribution in [0.4, 0.5) is 8.78 Å². The zero-order valence-corrected chi connectivity index (χ0v) is 11.5. The van der Waals surface area contributed by atoms with Gasteiger partial charge >= 0.3 is 0 Å². The number of hydrogen-bond donors (Lipinski definition) is 2. The van der Waals surface area contributed by atoms with Crippen molar-refractivity contribution in [1.82, 2.24) is 15.2 Å². The molecule has 0 spiro atoms. The molecule has 1 aliphatic rings. The van der Waals surface area contributed by atoms with Crippen molar-refractivity contribution >= 4 is 0 Å². The standard InChI is InChI=1S/C13H22F2N4/c1-9-6-11(19(2)18-9)7-12(17-16)10-4-3-5-13(14,15)8-10/h6,10,12,17H,3-5,7-8,16H2,1-2H3. The summed E-state index contributed by atoms with van der Waals surface area (Å²) in [5.74, 6) is 2.95. The highest BCUT2D eigenvalue weighted by atomic mass is 19.3. The van der Waals surface area contributed by atoms with Crippen LogP contribution < -0.4 is 11.3 Å². The van der Waals surface area contributed by atoms with E-state index in [1.165, 1.54) is 0 Å². The second-order valence-corrected chi connectivity index (χ2v) is 5.59. The Hall–Kier alpha value is -1.01. The SMILES string of the molecule is Cc1cc(CC(NN)C2CCCC(F)(F)C2)n(C)n1. The Bertz CT molecular complexity index is 430. The molecule has 1 fully saturated rings. The van der Waals surface area contributed by atoms with Crippen LogP contribution in [0, 0.1) is 12.8 Å². The minimum atomic E-state index is -2.54. The molecule has 2 atom stereocenters. The van der Waals surface area contributed by atoms with E-state index in [0.29, 0.717) is 12.8 Å². The van der Waals surface area contributed by atoms with E-state index >= 15 is 0 Å². The molecule has 4 nitrogen and oxygen atoms in total. The molecule has 6 heteroatoms. The van der Waals surface area contributed by atoms with Gasteiger partial charge in [0.25, 0.3) is 0 Å². The molecule has 1 aromatic rings. The van der Waals surface area contributed by atoms with Crippen molar-refractivity contribution in [2.75, 3.05) is 0 Å². The van der Waals surface area contributed by atoms with Gasteiger partial charge in [-0.2, -0.15) is 5.10 Å². The third kappa shape index (κ3) is 3.51. The highest BCUT2D eigenvalue weighted by Gasteiger charge is 2.39. The van der Waals surface area contributed by atoms with E-state index in [-0.39, 0.29) is 24.8 Å². The van der Waals surface area contributed by atoms with Crippen LogP contribution in [0.25, 0.3) is 0 Å². The first-order chi connectivity index (χ1) is 8.91. The zero-order valence-electron chi connectivity index (χ0n) is 11.5. The van der Waals surface area contributed by atoms with Gasteiger partial charge in [0, 0.05) is 38.0 Å². The number of aryl methyl sites for hydroxylation is 2. The maximum Gasteiger partial charge on any atom is 0.248 e. The molecule has 1 aliphatic carbocycles. The Morgan fingerprint density at radius 2 is 2.37 bits per heavy atom. The van der Waals surface area contributed by atoms with E-state index in [4.69, 9.17) is 5.84 Å². The molecule has 3 N–H and O–H groups in total. The molecule has 19 heavy (non-hydrogen) atoms. The number of nitrogens with one attached hydrogen (secondary N) is 1. The van der Waals surface area contributed by atoms with Gasteiger partial charge in [-0.15, -0.1) is 0 Å². The Morgan fingerprint density at radius 1 is 1.63 bits per heavy atom. The Labute approximate surface area is 112 Å². The average Bonchev–Trinajstić information content (AvgIpc) is 2.63. The molecule has 1 aromatic heterocycles. The maximum absolute atomic E-state index is 13.5. The summed E-state index contributed by atoms with van der Waals surface area (Å²) in [5.41, 5.74) is 4.68. The second-order valence-electron chi connectivity index (χ2n) is 5.59. The number of rotatable bonds is 4. The predicted molar refractivity (Wildman–Crippen MR) is 69.7 cm³/mol. The molecular formula is C13H22F2N4. The lowest BCUT2D eigenvalue weighted by Crippen LogP contribution is -2.46. The van der Waals surface area contributed by atoms with Crippen LogP contribution in [-0.2, 0) is 13.5 Å². The topological polar surface area (TPSA) is 55.9 Å². The lowest BCUT2D eigenvalue weighted by Gasteiger charge is -2.34. The van der Waals surface area contributed by atoms with Crippen LogP contribution in [0.5, 0.6) is 0 Å². The van der Waals surface area contributed by atoms with Crippen molar-refractivity contribution in [3.8, 4) is 0 Å². The van der Waals surface area contributed by atoms with Crippen molar-refractivity contribution in [2.24, 2.45) is 18.8 Å². The van der Waals surface area contributed by atoms with E-state index in [1.54, 1.807) is 4.68 Å². The van der Waals surface area contributed by atoms with Gasteiger partial charge < -0.3 is 0 Å². The predicted octanol–water partition coefficient (Wildman–Crippen LogP) is 1.93. The number of halogens is 2. The van der Waals surface area contributed by atoms with Crippen molar-refractivity contribution in [2.45, 2.75) is 51.0 Å². The maximum atomic E-state index is 13.5. The molecule has 0 saturated heterocycles. The number of nitrogens with two attached hydrogens (primary N) is 1. The number of hydrogen-bond acceptors (Lipinski definition) is 3. The van der Waals surface area contributed by atoms with E-state index < -0.39 is 5.92 Å². The van der Waals surface area contributed by atoms with Gasteiger partial charge in [-0.25, -0.2) is 8.78 Å². The van der Waals surface area contributed by atoms with E-state index in [0.717, 1.165) is 17.8 Å². The molecule has 0 bridgehead atoms. The molecule has 108 valence electrons. The fraction of sp³-hybridized carbons (Fsp3) is 0.769. The molecular weight excluding hydrogens is 250 g/mol. The van der Waals surface area contributed by atoms with E-state index in [1.807, 2.05) is 20.0 Å². The van der Waals surface area contributed by atoms with Crippen LogP contribution in [0.3, 0.4) is 0 Å². The fourth-order valence-electron chi connectivity index (χ4n) is 3.00. The Balaban J connectivity index is 2.05. The monoisotopic (exact) mass is 272 g/mol. The highest BCUT2D eigenvalue weighted by molar-refractivity contribution is 5.10. The van der Waals surface area contributed by atoms with Gasteiger partial charge in [-0.1, -0.05) is 0 Å². The van der Waals surface area contributed by atoms with Gasteiger partial charge in [0.15, 0.2) is 0 Å². The highest BCUT2D eigenvalue weighted by Crippen LogP contribution is 2.38. The lowest BCUT2D eigenvalue weighted by atomic mass is 9.80. The fourth-order valence-corrected chi connectivity index (χ4v) is 3.00. The van der Waals surface area contributed by atoms with Crippen molar-refractivity contribution in [3.63, 3.8) is 0 Å². The largest absolute Gasteiger partial charge is 0.272 e. The van der Waals surface area contributed by atoms with Gasteiger partial charge in [0.1, 0.15) is 0 Å². The quantitative estimate of drug-likeness (QED) is 0.650. The molecule has 0 radical (unpaired) electrons. The molecule has 1 saturated carbocycles. The van der Waals surface area contributed by atoms with E-state index in [9.17, 15) is 8.78 Å². The van der Waals surface area contributed by atoms with E-state index in [2.05, 4.69) is 10.5 Å². The number of alkyl halides is 2. The molecule has 0 aliphatic heterocycles. The van der Waals surface area contributed by atoms with Crippen LogP contribution in [-0.4, -0.2) is 21.7 Å². The summed E-state index contributed by atoms with van der Waals surface area (Å²) in [4.78, 5) is 0. The van der Waals surface area contributed by atoms with Crippen molar-refractivity contribution < 1.29 is 8.78 Å². The minimum absolute atomic E-state index is 0.00557. The molecule has 0 aromatic carbocycles. The van der Waals surface area contributed by atoms with Gasteiger partial charge in [-0.3, -0.25) is 16.0 Å². The molecule has 2 unspecified atom stereocenters. The van der Waals surface area contributed by atoms with Crippen LogP contribution >= 0.6 is 0 Å². The molecule has 0 amide bonds. The number of aromatic nitrogens is 2. The lowest BCUT2D eigenvalue weighted by molar-refractivity contribution is -0.0581. The van der Waals surface area contributed by atoms with Crippen LogP contribution in [0.1, 0.15) is 37.1 Å². The Kier molecular flexibility index (Phi) is 4.20. The van der Waals surface area contributed by atoms with Gasteiger partial charge in [-0.05, 0) is 31.7 Å². The third-order valence-electron chi connectivity index (χ3n) is 3.99. The summed E-state index contributed by atoms with van der Waals surface area (Å²) in [6.45, 7) is 1.92. The van der Waals surface area contributed by atoms with Crippen molar-refractivity contribution in [1.29, 1.82) is 0 Å². The Morgan fingerprint density at radius 3 is 2.89 bits per heavy atom. The first kappa shape index (κ1) is 14.4. The molecule has 2 rings (SSSR count). The zero-order chi connectivity index (χ0) is 14.0. The normalized spacial score (nSPS) is 24.4. The second kappa shape index (κ2) is 5.54. The smallest absolute Gasteiger partial charge is 0.248 e. The van der Waals surface area contributed by atoms with Crippen LogP contribution in [0.2, 0.25) is 0 Å². The summed E-state index contributed by atoms with van der Waals surface area (Å²) in [6, 6.07) is 1.85. The summed E-state index contributed by atoms with van der Waals surface area (Å²) in [7, 11) is 1.87. The van der Waals surface area contributed by atoms with Gasteiger partial charge in [0.2, 0.25) is 5.92 Å². The number of nitrogens with zero attached hydrogens (tertiary/aromatic N) is 2. The average molecular weight is 272 g/mol. The summed E-state index contributed by atoms with van der Waals surface area (Å²) in [5, 5.41) is 4.27. The van der Waals surface area contributed by atoms with Gasteiger partial charge in [0.05, 0.1) is 5.69 Å². The summed E-state index contributed by atoms with van der Waals surface area (Å²) in [6.07, 6.45) is 1.94. The van der Waals surface area contributed by atoms with Crippen LogP contribution in [0.15, 0.2) is 6.07 Å². The first-order valence-corrected chi connectivity index (χ1v) is 6.75. The third-order valence-corrected chi connectivity index (χ3v) is 3.99. The summed E-state index contributed by atoms with van der Waals surface area (Å²) >= 11 is 0. The number of hydrazine groups is 1. The summed E-state index contributed by atoms with van der Waals surface area (Å²) < 4.78 is 28.8. The minimum Gasteiger partial charge on any atom is -0.272 e. The van der Waals surface area contributed by atoms with Crippen molar-refractivity contribution in [3.05, 3.63) is 17.5 Å². The molecule has 1 heterocycles.